The van der Waals surface area contributed by atoms with Crippen LogP contribution in [0, 0.1) is 0 Å². The monoisotopic (exact) mass is 308 g/mol. The Labute approximate surface area is 128 Å². The first kappa shape index (κ1) is 14.8. The molecule has 0 unspecified atom stereocenters. The van der Waals surface area contributed by atoms with Crippen LogP contribution in [0.15, 0.2) is 36.4 Å². The Morgan fingerprint density at radius 2 is 1.50 bits per heavy atom. The highest BCUT2D eigenvalue weighted by atomic mass is 35.5. The van der Waals surface area contributed by atoms with Gasteiger partial charge >= 0.3 is 0 Å². The van der Waals surface area contributed by atoms with Gasteiger partial charge in [0.2, 0.25) is 0 Å². The van der Waals surface area contributed by atoms with E-state index in [0.717, 1.165) is 16.9 Å². The molecular formula is C16H14Cl2O2. The van der Waals surface area contributed by atoms with Gasteiger partial charge in [-0.3, -0.25) is 0 Å². The quantitative estimate of drug-likeness (QED) is 0.724. The van der Waals surface area contributed by atoms with Crippen LogP contribution in [0.5, 0.6) is 11.5 Å². The molecule has 0 saturated carbocycles. The molecule has 0 aliphatic carbocycles. The molecule has 2 nitrogen and oxygen atoms in total. The van der Waals surface area contributed by atoms with E-state index in [1.165, 1.54) is 0 Å². The number of hydrogen-bond donors (Lipinski definition) is 0. The lowest BCUT2D eigenvalue weighted by Crippen LogP contribution is -1.86. The summed E-state index contributed by atoms with van der Waals surface area (Å²) in [5, 5.41) is 1.10. The largest absolute Gasteiger partial charge is 0.497 e. The standard InChI is InChI=1S/C16H14Cl2O2/c1-19-12-5-3-4-11(8-12)6-7-14-15(17)9-13(20-2)10-16(14)18/h3-10H,1-2H3/b7-6-. The van der Waals surface area contributed by atoms with Crippen molar-refractivity contribution >= 4 is 35.4 Å². The fourth-order valence-corrected chi connectivity index (χ4v) is 2.36. The third-order valence-electron chi connectivity index (χ3n) is 2.82. The second-order valence-corrected chi connectivity index (χ2v) is 4.93. The maximum absolute atomic E-state index is 6.20. The lowest BCUT2D eigenvalue weighted by Gasteiger charge is -2.06. The van der Waals surface area contributed by atoms with Gasteiger partial charge < -0.3 is 9.47 Å². The molecule has 20 heavy (non-hydrogen) atoms. The normalized spacial score (nSPS) is 10.8. The van der Waals surface area contributed by atoms with Crippen molar-refractivity contribution in [3.8, 4) is 11.5 Å². The van der Waals surface area contributed by atoms with Gasteiger partial charge in [-0.25, -0.2) is 0 Å². The second-order valence-electron chi connectivity index (χ2n) is 4.11. The molecule has 0 atom stereocenters. The molecule has 0 fully saturated rings. The van der Waals surface area contributed by atoms with Crippen LogP contribution in [-0.2, 0) is 0 Å². The predicted octanol–water partition coefficient (Wildman–Crippen LogP) is 5.18. The first-order chi connectivity index (χ1) is 9.63. The van der Waals surface area contributed by atoms with Crippen LogP contribution in [0.3, 0.4) is 0 Å². The minimum Gasteiger partial charge on any atom is -0.497 e. The molecule has 0 aliphatic heterocycles. The molecule has 0 spiro atoms. The molecule has 0 aromatic heterocycles. The van der Waals surface area contributed by atoms with Gasteiger partial charge in [-0.1, -0.05) is 47.5 Å². The number of methoxy groups -OCH3 is 2. The van der Waals surface area contributed by atoms with Crippen LogP contribution < -0.4 is 9.47 Å². The van der Waals surface area contributed by atoms with E-state index in [4.69, 9.17) is 32.7 Å². The highest BCUT2D eigenvalue weighted by Gasteiger charge is 2.06. The molecule has 2 rings (SSSR count). The zero-order chi connectivity index (χ0) is 14.5. The summed E-state index contributed by atoms with van der Waals surface area (Å²) in [5.41, 5.74) is 1.77. The summed E-state index contributed by atoms with van der Waals surface area (Å²) in [6.07, 6.45) is 3.81. The average molecular weight is 309 g/mol. The molecule has 0 bridgehead atoms. The lowest BCUT2D eigenvalue weighted by atomic mass is 10.1. The number of hydrogen-bond acceptors (Lipinski definition) is 2. The molecule has 0 radical (unpaired) electrons. The van der Waals surface area contributed by atoms with Crippen LogP contribution in [0.25, 0.3) is 12.2 Å². The van der Waals surface area contributed by atoms with Crippen LogP contribution >= 0.6 is 23.2 Å². The average Bonchev–Trinajstić information content (AvgIpc) is 2.46. The highest BCUT2D eigenvalue weighted by Crippen LogP contribution is 2.31. The third kappa shape index (κ3) is 3.47. The van der Waals surface area contributed by atoms with E-state index in [2.05, 4.69) is 0 Å². The van der Waals surface area contributed by atoms with Gasteiger partial charge in [0.25, 0.3) is 0 Å². The highest BCUT2D eigenvalue weighted by molar-refractivity contribution is 6.37. The SMILES string of the molecule is COc1cccc(/C=C\c2c(Cl)cc(OC)cc2Cl)c1. The number of rotatable bonds is 4. The van der Waals surface area contributed by atoms with Crippen LogP contribution in [0.2, 0.25) is 10.0 Å². The molecule has 0 N–H and O–H groups in total. The number of ether oxygens (including phenoxy) is 2. The Kier molecular flexibility index (Phi) is 4.94. The molecule has 4 heteroatoms. The van der Waals surface area contributed by atoms with Gasteiger partial charge in [-0.2, -0.15) is 0 Å². The molecule has 0 heterocycles. The maximum atomic E-state index is 6.20. The molecule has 104 valence electrons. The molecule has 0 amide bonds. The Morgan fingerprint density at radius 3 is 2.10 bits per heavy atom. The van der Waals surface area contributed by atoms with Crippen molar-refractivity contribution in [3.63, 3.8) is 0 Å². The van der Waals surface area contributed by atoms with Gasteiger partial charge in [-0.15, -0.1) is 0 Å². The number of benzene rings is 2. The van der Waals surface area contributed by atoms with E-state index in [9.17, 15) is 0 Å². The topological polar surface area (TPSA) is 18.5 Å². The van der Waals surface area contributed by atoms with Crippen LogP contribution in [-0.4, -0.2) is 14.2 Å². The van der Waals surface area contributed by atoms with Crippen molar-refractivity contribution in [1.29, 1.82) is 0 Å². The summed E-state index contributed by atoms with van der Waals surface area (Å²) in [6, 6.07) is 11.2. The Morgan fingerprint density at radius 1 is 0.850 bits per heavy atom. The summed E-state index contributed by atoms with van der Waals surface area (Å²) in [6.45, 7) is 0. The fraction of sp³-hybridized carbons (Fsp3) is 0.125. The summed E-state index contributed by atoms with van der Waals surface area (Å²) in [5.74, 6) is 1.44. The first-order valence-electron chi connectivity index (χ1n) is 5.99. The van der Waals surface area contributed by atoms with Gasteiger partial charge in [0.15, 0.2) is 0 Å². The van der Waals surface area contributed by atoms with Crippen molar-refractivity contribution < 1.29 is 9.47 Å². The minimum atomic E-state index is 0.550. The zero-order valence-corrected chi connectivity index (χ0v) is 12.7. The van der Waals surface area contributed by atoms with Crippen molar-refractivity contribution in [2.45, 2.75) is 0 Å². The van der Waals surface area contributed by atoms with Crippen LogP contribution in [0.1, 0.15) is 11.1 Å². The summed E-state index contributed by atoms with van der Waals surface area (Å²) >= 11 is 12.4. The minimum absolute atomic E-state index is 0.550. The predicted molar refractivity (Wildman–Crippen MR) is 84.9 cm³/mol. The molecule has 0 saturated heterocycles. The van der Waals surface area contributed by atoms with E-state index in [1.54, 1.807) is 26.4 Å². The van der Waals surface area contributed by atoms with E-state index >= 15 is 0 Å². The van der Waals surface area contributed by atoms with E-state index < -0.39 is 0 Å². The van der Waals surface area contributed by atoms with Gasteiger partial charge in [0.05, 0.1) is 24.3 Å². The summed E-state index contributed by atoms with van der Waals surface area (Å²) in [7, 11) is 3.22. The Balaban J connectivity index is 2.31. The van der Waals surface area contributed by atoms with Crippen molar-refractivity contribution in [1.82, 2.24) is 0 Å². The van der Waals surface area contributed by atoms with Gasteiger partial charge in [0, 0.05) is 5.56 Å². The van der Waals surface area contributed by atoms with Gasteiger partial charge in [0.1, 0.15) is 11.5 Å². The maximum Gasteiger partial charge on any atom is 0.121 e. The Hall–Kier alpha value is -1.64. The van der Waals surface area contributed by atoms with Crippen LogP contribution in [0.4, 0.5) is 0 Å². The lowest BCUT2D eigenvalue weighted by molar-refractivity contribution is 0.414. The first-order valence-corrected chi connectivity index (χ1v) is 6.75. The van der Waals surface area contributed by atoms with E-state index in [1.807, 2.05) is 36.4 Å². The Bertz CT molecular complexity index is 613. The van der Waals surface area contributed by atoms with Crippen molar-refractivity contribution in [2.75, 3.05) is 14.2 Å². The van der Waals surface area contributed by atoms with E-state index in [0.29, 0.717) is 15.8 Å². The molecule has 0 aliphatic rings. The van der Waals surface area contributed by atoms with Crippen molar-refractivity contribution in [2.24, 2.45) is 0 Å². The smallest absolute Gasteiger partial charge is 0.121 e. The molecular weight excluding hydrogens is 295 g/mol. The molecule has 2 aromatic rings. The zero-order valence-electron chi connectivity index (χ0n) is 11.2. The van der Waals surface area contributed by atoms with Gasteiger partial charge in [-0.05, 0) is 29.8 Å². The van der Waals surface area contributed by atoms with Crippen molar-refractivity contribution in [3.05, 3.63) is 57.6 Å². The molecule has 2 aromatic carbocycles. The van der Waals surface area contributed by atoms with E-state index in [-0.39, 0.29) is 0 Å². The third-order valence-corrected chi connectivity index (χ3v) is 3.45. The summed E-state index contributed by atoms with van der Waals surface area (Å²) in [4.78, 5) is 0. The summed E-state index contributed by atoms with van der Waals surface area (Å²) < 4.78 is 10.3. The second kappa shape index (κ2) is 6.69. The fourth-order valence-electron chi connectivity index (χ4n) is 1.76. The number of halogens is 2.